The highest BCUT2D eigenvalue weighted by Crippen LogP contribution is 2.40. The molecule has 0 spiro atoms. The van der Waals surface area contributed by atoms with Crippen LogP contribution in [0.5, 0.6) is 0 Å². The fourth-order valence-corrected chi connectivity index (χ4v) is 1.42. The van der Waals surface area contributed by atoms with Gasteiger partial charge in [-0.2, -0.15) is 5.10 Å². The van der Waals surface area contributed by atoms with Crippen molar-refractivity contribution in [3.63, 3.8) is 0 Å². The zero-order valence-corrected chi connectivity index (χ0v) is 7.10. The Morgan fingerprint density at radius 2 is 2.18 bits per heavy atom. The van der Waals surface area contributed by atoms with Crippen molar-refractivity contribution < 1.29 is 0 Å². The predicted octanol–water partition coefficient (Wildman–Crippen LogP) is 2.32. The van der Waals surface area contributed by atoms with Gasteiger partial charge in [0.25, 0.3) is 0 Å². The van der Waals surface area contributed by atoms with Crippen LogP contribution in [0.15, 0.2) is 6.07 Å². The molecular weight excluding hydrogens is 160 g/mol. The van der Waals surface area contributed by atoms with E-state index in [4.69, 9.17) is 11.6 Å². The van der Waals surface area contributed by atoms with Crippen LogP contribution in [0.3, 0.4) is 0 Å². The zero-order chi connectivity index (χ0) is 7.84. The van der Waals surface area contributed by atoms with Crippen molar-refractivity contribution in [3.05, 3.63) is 22.5 Å². The number of halogens is 1. The molecule has 1 aliphatic rings. The van der Waals surface area contributed by atoms with Gasteiger partial charge in [0.15, 0.2) is 5.15 Å². The van der Waals surface area contributed by atoms with Crippen molar-refractivity contribution in [2.75, 3.05) is 0 Å². The van der Waals surface area contributed by atoms with Crippen LogP contribution in [0.1, 0.15) is 30.0 Å². The summed E-state index contributed by atoms with van der Waals surface area (Å²) in [7, 11) is 0. The van der Waals surface area contributed by atoms with Gasteiger partial charge < -0.3 is 0 Å². The minimum absolute atomic E-state index is 0.493. The molecule has 1 heterocycles. The van der Waals surface area contributed by atoms with Gasteiger partial charge in [0.1, 0.15) is 0 Å². The molecule has 2 nitrogen and oxygen atoms in total. The van der Waals surface area contributed by atoms with E-state index >= 15 is 0 Å². The Morgan fingerprint density at radius 1 is 1.45 bits per heavy atom. The van der Waals surface area contributed by atoms with Gasteiger partial charge >= 0.3 is 0 Å². The molecule has 0 aliphatic heterocycles. The molecule has 0 amide bonds. The highest BCUT2D eigenvalue weighted by atomic mass is 35.5. The van der Waals surface area contributed by atoms with E-state index in [2.05, 4.69) is 10.2 Å². The minimum Gasteiger partial charge on any atom is -0.154 e. The summed E-state index contributed by atoms with van der Waals surface area (Å²) in [6.45, 7) is 2.04. The Hall–Kier alpha value is -0.630. The van der Waals surface area contributed by atoms with Gasteiger partial charge in [0.05, 0.1) is 5.69 Å². The maximum absolute atomic E-state index is 5.67. The zero-order valence-electron chi connectivity index (χ0n) is 6.34. The fourth-order valence-electron chi connectivity index (χ4n) is 1.22. The van der Waals surface area contributed by atoms with Crippen molar-refractivity contribution in [1.29, 1.82) is 0 Å². The Kier molecular flexibility index (Phi) is 1.57. The first-order valence-electron chi connectivity index (χ1n) is 3.77. The molecule has 0 N–H and O–H groups in total. The first-order chi connectivity index (χ1) is 5.27. The van der Waals surface area contributed by atoms with Crippen LogP contribution in [0, 0.1) is 6.92 Å². The van der Waals surface area contributed by atoms with E-state index < -0.39 is 0 Å². The van der Waals surface area contributed by atoms with Crippen molar-refractivity contribution in [2.45, 2.75) is 25.7 Å². The van der Waals surface area contributed by atoms with Crippen LogP contribution in [0.4, 0.5) is 0 Å². The van der Waals surface area contributed by atoms with E-state index in [0.29, 0.717) is 11.1 Å². The van der Waals surface area contributed by atoms with Crippen LogP contribution < -0.4 is 0 Å². The van der Waals surface area contributed by atoms with E-state index in [1.807, 2.05) is 13.0 Å². The molecule has 0 bridgehead atoms. The predicted molar refractivity (Wildman–Crippen MR) is 43.8 cm³/mol. The van der Waals surface area contributed by atoms with Crippen LogP contribution in [0.25, 0.3) is 0 Å². The summed E-state index contributed by atoms with van der Waals surface area (Å²) in [5, 5.41) is 8.37. The van der Waals surface area contributed by atoms with E-state index in [1.54, 1.807) is 0 Å². The van der Waals surface area contributed by atoms with Gasteiger partial charge in [-0.3, -0.25) is 0 Å². The lowest BCUT2D eigenvalue weighted by molar-refractivity contribution is 0.892. The van der Waals surface area contributed by atoms with Gasteiger partial charge in [-0.05, 0) is 31.4 Å². The van der Waals surface area contributed by atoms with Gasteiger partial charge in [0, 0.05) is 5.92 Å². The second-order valence-corrected chi connectivity index (χ2v) is 3.40. The minimum atomic E-state index is 0.493. The Balaban J connectivity index is 2.39. The fraction of sp³-hybridized carbons (Fsp3) is 0.500. The largest absolute Gasteiger partial charge is 0.154 e. The van der Waals surface area contributed by atoms with Crippen LogP contribution in [-0.2, 0) is 0 Å². The molecule has 58 valence electrons. The summed E-state index contributed by atoms with van der Waals surface area (Å²) >= 11 is 5.67. The number of rotatable bonds is 1. The summed E-state index contributed by atoms with van der Waals surface area (Å²) in [6, 6.07) is 1.88. The SMILES string of the molecule is Cc1cc(Cl)nnc1C1CC1. The van der Waals surface area contributed by atoms with E-state index in [-0.39, 0.29) is 0 Å². The standard InChI is InChI=1S/C8H9ClN2/c1-5-4-7(9)10-11-8(5)6-2-3-6/h4,6H,2-3H2,1H3. The van der Waals surface area contributed by atoms with Crippen LogP contribution >= 0.6 is 11.6 Å². The lowest BCUT2D eigenvalue weighted by atomic mass is 10.2. The normalized spacial score (nSPS) is 16.9. The van der Waals surface area contributed by atoms with Crippen molar-refractivity contribution in [2.24, 2.45) is 0 Å². The smallest absolute Gasteiger partial charge is 0.151 e. The first-order valence-corrected chi connectivity index (χ1v) is 4.15. The summed E-state index contributed by atoms with van der Waals surface area (Å²) in [5.74, 6) is 0.666. The topological polar surface area (TPSA) is 25.8 Å². The molecule has 0 atom stereocenters. The molecule has 1 fully saturated rings. The second-order valence-electron chi connectivity index (χ2n) is 3.01. The molecule has 1 saturated carbocycles. The summed E-state index contributed by atoms with van der Waals surface area (Å²) in [5.41, 5.74) is 2.31. The van der Waals surface area contributed by atoms with E-state index in [0.717, 1.165) is 5.69 Å². The monoisotopic (exact) mass is 168 g/mol. The Labute approximate surface area is 70.6 Å². The Morgan fingerprint density at radius 3 is 2.73 bits per heavy atom. The highest BCUT2D eigenvalue weighted by molar-refractivity contribution is 6.29. The number of aromatic nitrogens is 2. The van der Waals surface area contributed by atoms with Gasteiger partial charge in [-0.15, -0.1) is 5.10 Å². The highest BCUT2D eigenvalue weighted by Gasteiger charge is 2.26. The molecule has 0 aromatic carbocycles. The lowest BCUT2D eigenvalue weighted by Crippen LogP contribution is -1.94. The Bertz CT molecular complexity index is 281. The molecule has 1 aromatic heterocycles. The molecule has 3 heteroatoms. The molecular formula is C8H9ClN2. The quantitative estimate of drug-likeness (QED) is 0.643. The van der Waals surface area contributed by atoms with Crippen molar-refractivity contribution in [3.8, 4) is 0 Å². The molecule has 0 unspecified atom stereocenters. The first kappa shape index (κ1) is 7.04. The third-order valence-electron chi connectivity index (χ3n) is 1.96. The van der Waals surface area contributed by atoms with Gasteiger partial charge in [0.2, 0.25) is 0 Å². The van der Waals surface area contributed by atoms with Crippen LogP contribution in [-0.4, -0.2) is 10.2 Å². The third kappa shape index (κ3) is 1.36. The average Bonchev–Trinajstić information content (AvgIpc) is 2.70. The molecule has 0 saturated heterocycles. The van der Waals surface area contributed by atoms with Gasteiger partial charge in [-0.1, -0.05) is 11.6 Å². The van der Waals surface area contributed by atoms with Crippen LogP contribution in [0.2, 0.25) is 5.15 Å². The number of hydrogen-bond acceptors (Lipinski definition) is 2. The molecule has 2 rings (SSSR count). The molecule has 1 aliphatic carbocycles. The number of nitrogens with zero attached hydrogens (tertiary/aromatic N) is 2. The second kappa shape index (κ2) is 2.45. The molecule has 0 radical (unpaired) electrons. The maximum atomic E-state index is 5.67. The third-order valence-corrected chi connectivity index (χ3v) is 2.14. The maximum Gasteiger partial charge on any atom is 0.151 e. The number of hydrogen-bond donors (Lipinski definition) is 0. The number of aryl methyl sites for hydroxylation is 1. The molecule has 1 aromatic rings. The molecule has 11 heavy (non-hydrogen) atoms. The lowest BCUT2D eigenvalue weighted by Gasteiger charge is -1.99. The van der Waals surface area contributed by atoms with E-state index in [9.17, 15) is 0 Å². The average molecular weight is 169 g/mol. The van der Waals surface area contributed by atoms with Crippen molar-refractivity contribution in [1.82, 2.24) is 10.2 Å². The van der Waals surface area contributed by atoms with Crippen molar-refractivity contribution >= 4 is 11.6 Å². The van der Waals surface area contributed by atoms with E-state index in [1.165, 1.54) is 18.4 Å². The summed E-state index contributed by atoms with van der Waals surface area (Å²) in [4.78, 5) is 0. The summed E-state index contributed by atoms with van der Waals surface area (Å²) < 4.78 is 0. The summed E-state index contributed by atoms with van der Waals surface area (Å²) in [6.07, 6.45) is 2.52. The van der Waals surface area contributed by atoms with Gasteiger partial charge in [-0.25, -0.2) is 0 Å².